The summed E-state index contributed by atoms with van der Waals surface area (Å²) < 4.78 is 0. The number of aliphatic hydroxyl groups is 1. The highest BCUT2D eigenvalue weighted by molar-refractivity contribution is 5.95. The molecule has 0 saturated heterocycles. The Hall–Kier alpha value is -4.24. The van der Waals surface area contributed by atoms with Crippen LogP contribution in [0.3, 0.4) is 0 Å². The van der Waals surface area contributed by atoms with Gasteiger partial charge in [-0.3, -0.25) is 24.4 Å². The molecule has 3 atom stereocenters. The molecule has 9 heteroatoms. The Morgan fingerprint density at radius 1 is 0.955 bits per heavy atom. The number of hydrogen-bond acceptors (Lipinski definition) is 6. The second-order valence-corrected chi connectivity index (χ2v) is 12.2. The minimum Gasteiger partial charge on any atom is -0.511 e. The van der Waals surface area contributed by atoms with Gasteiger partial charge in [-0.05, 0) is 75.6 Å². The van der Waals surface area contributed by atoms with Crippen LogP contribution in [0.25, 0.3) is 22.0 Å². The molecule has 1 heterocycles. The van der Waals surface area contributed by atoms with E-state index in [1.807, 2.05) is 58.2 Å². The van der Waals surface area contributed by atoms with Gasteiger partial charge in [0.15, 0.2) is 0 Å². The molecule has 0 aliphatic heterocycles. The second kappa shape index (κ2) is 14.5. The van der Waals surface area contributed by atoms with Crippen molar-refractivity contribution in [2.45, 2.75) is 85.4 Å². The summed E-state index contributed by atoms with van der Waals surface area (Å²) >= 11 is 0. The highest BCUT2D eigenvalue weighted by atomic mass is 16.3. The smallest absolute Gasteiger partial charge is 0.258 e. The Balaban J connectivity index is 1.77. The first-order valence-electron chi connectivity index (χ1n) is 15.3. The van der Waals surface area contributed by atoms with E-state index in [-0.39, 0.29) is 23.5 Å². The minimum absolute atomic E-state index is 0.109. The fourth-order valence-electron chi connectivity index (χ4n) is 4.84. The fourth-order valence-corrected chi connectivity index (χ4v) is 4.84. The Labute approximate surface area is 261 Å². The van der Waals surface area contributed by atoms with E-state index >= 15 is 0 Å². The zero-order chi connectivity index (χ0) is 32.8. The highest BCUT2D eigenvalue weighted by Crippen LogP contribution is 2.29. The number of likely N-dealkylation sites (N-methyl/N-ethyl adjacent to an activating group) is 1. The van der Waals surface area contributed by atoms with Crippen molar-refractivity contribution in [3.63, 3.8) is 0 Å². The van der Waals surface area contributed by atoms with Gasteiger partial charge in [0.05, 0.1) is 17.2 Å². The second-order valence-electron chi connectivity index (χ2n) is 12.2. The third kappa shape index (κ3) is 8.02. The molecule has 0 radical (unpaired) electrons. The Morgan fingerprint density at radius 2 is 1.66 bits per heavy atom. The molecule has 3 rings (SSSR count). The number of hydrazine groups is 1. The van der Waals surface area contributed by atoms with E-state index in [1.165, 1.54) is 10.6 Å². The number of nitrogens with zero attached hydrogens (tertiary/aromatic N) is 2. The van der Waals surface area contributed by atoms with Crippen LogP contribution in [0.2, 0.25) is 0 Å². The van der Waals surface area contributed by atoms with Gasteiger partial charge >= 0.3 is 0 Å². The topological polar surface area (TPSA) is 124 Å². The van der Waals surface area contributed by atoms with Crippen molar-refractivity contribution >= 4 is 28.5 Å². The Kier molecular flexibility index (Phi) is 11.3. The molecule has 0 aliphatic carbocycles. The zero-order valence-corrected chi connectivity index (χ0v) is 27.2. The molecule has 0 saturated carbocycles. The van der Waals surface area contributed by atoms with E-state index < -0.39 is 29.4 Å². The van der Waals surface area contributed by atoms with Crippen LogP contribution in [-0.2, 0) is 26.2 Å². The lowest BCUT2D eigenvalue weighted by molar-refractivity contribution is -0.140. The number of carbonyl (C=O) groups excluding carboxylic acids is 3. The van der Waals surface area contributed by atoms with Crippen LogP contribution in [0.15, 0.2) is 67.1 Å². The number of amides is 3. The standard InChI is InChI=1S/C35H47N5O4/c1-10-25-15-16-27-20-36-30(19-28(27)17-25)26-13-12-14-29(18-26)35(8,9)34(44)38-31(21(3)4)32(42)37-23(6)33(43)40(11-2)39-22(5)24(7)41/h12-23,31,39,41H,7,10-11H2,1-6,8-9H3,(H,37,42)(H,38,44). The summed E-state index contributed by atoms with van der Waals surface area (Å²) in [5.41, 5.74) is 5.66. The van der Waals surface area contributed by atoms with Gasteiger partial charge in [-0.1, -0.05) is 63.7 Å². The van der Waals surface area contributed by atoms with Crippen LogP contribution < -0.4 is 16.1 Å². The van der Waals surface area contributed by atoms with Crippen molar-refractivity contribution in [1.82, 2.24) is 26.1 Å². The molecule has 236 valence electrons. The number of aryl methyl sites for hydroxylation is 1. The number of fused-ring (bicyclic) bond motifs is 1. The molecule has 1 aromatic heterocycles. The molecular formula is C35H47N5O4. The predicted molar refractivity (Wildman–Crippen MR) is 176 cm³/mol. The molecule has 9 nitrogen and oxygen atoms in total. The van der Waals surface area contributed by atoms with Crippen LogP contribution in [0.5, 0.6) is 0 Å². The minimum atomic E-state index is -0.969. The van der Waals surface area contributed by atoms with Crippen LogP contribution in [-0.4, -0.2) is 57.5 Å². The average molecular weight is 602 g/mol. The molecule has 44 heavy (non-hydrogen) atoms. The van der Waals surface area contributed by atoms with Gasteiger partial charge in [0, 0.05) is 23.7 Å². The maximum absolute atomic E-state index is 13.7. The highest BCUT2D eigenvalue weighted by Gasteiger charge is 2.35. The lowest BCUT2D eigenvalue weighted by Crippen LogP contribution is -2.59. The number of rotatable bonds is 13. The van der Waals surface area contributed by atoms with E-state index in [4.69, 9.17) is 0 Å². The lowest BCUT2D eigenvalue weighted by Gasteiger charge is -2.31. The van der Waals surface area contributed by atoms with Crippen LogP contribution in [0.1, 0.15) is 66.5 Å². The first-order chi connectivity index (χ1) is 20.7. The lowest BCUT2D eigenvalue weighted by atomic mass is 9.82. The first-order valence-corrected chi connectivity index (χ1v) is 15.3. The Bertz CT molecular complexity index is 1520. The van der Waals surface area contributed by atoms with Crippen molar-refractivity contribution in [3.05, 3.63) is 78.2 Å². The van der Waals surface area contributed by atoms with E-state index in [0.717, 1.165) is 34.0 Å². The maximum atomic E-state index is 13.7. The maximum Gasteiger partial charge on any atom is 0.258 e. The summed E-state index contributed by atoms with van der Waals surface area (Å²) in [6.07, 6.45) is 2.82. The predicted octanol–water partition coefficient (Wildman–Crippen LogP) is 5.20. The number of hydrogen-bond donors (Lipinski definition) is 4. The molecule has 0 spiro atoms. The van der Waals surface area contributed by atoms with Crippen LogP contribution >= 0.6 is 0 Å². The molecule has 3 unspecified atom stereocenters. The SMILES string of the molecule is C=C(O)C(C)NN(CC)C(=O)C(C)NC(=O)C(NC(=O)C(C)(C)c1cccc(-c2cc3cc(CC)ccc3cn2)c1)C(C)C. The van der Waals surface area contributed by atoms with Gasteiger partial charge in [0.2, 0.25) is 11.8 Å². The summed E-state index contributed by atoms with van der Waals surface area (Å²) in [5.74, 6) is -1.50. The van der Waals surface area contributed by atoms with Crippen LogP contribution in [0.4, 0.5) is 0 Å². The zero-order valence-electron chi connectivity index (χ0n) is 27.2. The molecule has 0 aliphatic rings. The monoisotopic (exact) mass is 601 g/mol. The average Bonchev–Trinajstić information content (AvgIpc) is 3.00. The quantitative estimate of drug-likeness (QED) is 0.158. The normalized spacial score (nSPS) is 13.7. The molecule has 0 fully saturated rings. The number of carbonyl (C=O) groups is 3. The van der Waals surface area contributed by atoms with Crippen LogP contribution in [0, 0.1) is 5.92 Å². The molecule has 3 amide bonds. The van der Waals surface area contributed by atoms with E-state index in [0.29, 0.717) is 6.54 Å². The summed E-state index contributed by atoms with van der Waals surface area (Å²) in [6, 6.07) is 13.9. The largest absolute Gasteiger partial charge is 0.511 e. The molecule has 3 aromatic rings. The third-order valence-corrected chi connectivity index (χ3v) is 8.04. The number of benzene rings is 2. The molecular weight excluding hydrogens is 554 g/mol. The van der Waals surface area contributed by atoms with E-state index in [1.54, 1.807) is 20.8 Å². The van der Waals surface area contributed by atoms with Gasteiger partial charge in [0.25, 0.3) is 5.91 Å². The van der Waals surface area contributed by atoms with Gasteiger partial charge in [-0.25, -0.2) is 5.43 Å². The summed E-state index contributed by atoms with van der Waals surface area (Å²) in [5, 5.41) is 18.8. The number of nitrogens with one attached hydrogen (secondary N) is 3. The number of aromatic nitrogens is 1. The first kappa shape index (κ1) is 34.3. The Morgan fingerprint density at radius 3 is 2.27 bits per heavy atom. The third-order valence-electron chi connectivity index (χ3n) is 8.04. The summed E-state index contributed by atoms with van der Waals surface area (Å²) in [7, 11) is 0. The van der Waals surface area contributed by atoms with E-state index in [9.17, 15) is 19.5 Å². The molecule has 0 bridgehead atoms. The summed E-state index contributed by atoms with van der Waals surface area (Å²) in [6.45, 7) is 18.3. The van der Waals surface area contributed by atoms with Crippen molar-refractivity contribution in [3.8, 4) is 11.3 Å². The van der Waals surface area contributed by atoms with Gasteiger partial charge in [-0.15, -0.1) is 0 Å². The molecule has 2 aromatic carbocycles. The molecule has 4 N–H and O–H groups in total. The number of aliphatic hydroxyl groups excluding tert-OH is 1. The number of pyridine rings is 1. The van der Waals surface area contributed by atoms with Gasteiger partial charge < -0.3 is 15.7 Å². The van der Waals surface area contributed by atoms with Gasteiger partial charge in [-0.2, -0.15) is 0 Å². The van der Waals surface area contributed by atoms with E-state index in [2.05, 4.69) is 58.8 Å². The summed E-state index contributed by atoms with van der Waals surface area (Å²) in [4.78, 5) is 44.8. The van der Waals surface area contributed by atoms with Gasteiger partial charge in [0.1, 0.15) is 17.8 Å². The van der Waals surface area contributed by atoms with Crippen molar-refractivity contribution in [2.24, 2.45) is 5.92 Å². The van der Waals surface area contributed by atoms with Crippen molar-refractivity contribution in [2.75, 3.05) is 6.54 Å². The fraction of sp³-hybridized carbons (Fsp3) is 0.429. The van der Waals surface area contributed by atoms with Crippen molar-refractivity contribution < 1.29 is 19.5 Å². The van der Waals surface area contributed by atoms with Crippen molar-refractivity contribution in [1.29, 1.82) is 0 Å².